The highest BCUT2D eigenvalue weighted by Crippen LogP contribution is 2.24. The zero-order chi connectivity index (χ0) is 12.5. The summed E-state index contributed by atoms with van der Waals surface area (Å²) >= 11 is 0. The van der Waals surface area contributed by atoms with E-state index in [9.17, 15) is 5.11 Å². The van der Waals surface area contributed by atoms with Crippen LogP contribution in [0.2, 0.25) is 0 Å². The molecule has 0 aliphatic carbocycles. The van der Waals surface area contributed by atoms with Crippen molar-refractivity contribution in [3.8, 4) is 5.75 Å². The molecule has 1 N–H and O–H groups in total. The minimum absolute atomic E-state index is 0.629. The van der Waals surface area contributed by atoms with Gasteiger partial charge in [0.05, 0.1) is 12.7 Å². The van der Waals surface area contributed by atoms with E-state index >= 15 is 0 Å². The number of rotatable bonds is 3. The van der Waals surface area contributed by atoms with Crippen molar-refractivity contribution in [2.45, 2.75) is 32.4 Å². The Bertz CT molecular complexity index is 396. The highest BCUT2D eigenvalue weighted by molar-refractivity contribution is 5.37. The van der Waals surface area contributed by atoms with Gasteiger partial charge in [-0.2, -0.15) is 0 Å². The number of hydrogen-bond donors (Lipinski definition) is 1. The molecular weight excluding hydrogens is 214 g/mol. The van der Waals surface area contributed by atoms with Crippen LogP contribution in [-0.2, 0) is 13.0 Å². The van der Waals surface area contributed by atoms with Gasteiger partial charge in [0.2, 0.25) is 0 Å². The van der Waals surface area contributed by atoms with Gasteiger partial charge in [-0.3, -0.25) is 4.90 Å². The van der Waals surface area contributed by atoms with E-state index in [1.165, 1.54) is 11.1 Å². The average molecular weight is 235 g/mol. The highest BCUT2D eigenvalue weighted by Gasteiger charge is 2.22. The molecule has 2 rings (SSSR count). The maximum atomic E-state index is 9.85. The molecule has 0 unspecified atom stereocenters. The van der Waals surface area contributed by atoms with Crippen molar-refractivity contribution in [1.82, 2.24) is 4.90 Å². The number of ether oxygens (including phenoxy) is 1. The number of nitrogens with zero attached hydrogens (tertiary/aromatic N) is 1. The molecular formula is C14H21NO2. The third kappa shape index (κ3) is 3.20. The zero-order valence-corrected chi connectivity index (χ0v) is 10.9. The Morgan fingerprint density at radius 2 is 2.12 bits per heavy atom. The van der Waals surface area contributed by atoms with Crippen molar-refractivity contribution >= 4 is 0 Å². The van der Waals surface area contributed by atoms with Crippen molar-refractivity contribution in [2.24, 2.45) is 0 Å². The fourth-order valence-corrected chi connectivity index (χ4v) is 2.40. The Hall–Kier alpha value is -1.06. The summed E-state index contributed by atoms with van der Waals surface area (Å²) in [5.74, 6) is 0.911. The minimum atomic E-state index is -0.629. The molecule has 0 radical (unpaired) electrons. The number of benzene rings is 1. The van der Waals surface area contributed by atoms with Crippen LogP contribution in [0, 0.1) is 0 Å². The first kappa shape index (κ1) is 12.4. The molecule has 1 heterocycles. The van der Waals surface area contributed by atoms with Gasteiger partial charge < -0.3 is 9.84 Å². The van der Waals surface area contributed by atoms with E-state index in [4.69, 9.17) is 4.74 Å². The lowest BCUT2D eigenvalue weighted by Crippen LogP contribution is -2.41. The lowest BCUT2D eigenvalue weighted by molar-refractivity contribution is 0.0317. The van der Waals surface area contributed by atoms with Gasteiger partial charge >= 0.3 is 0 Å². The van der Waals surface area contributed by atoms with Crippen LogP contribution < -0.4 is 4.74 Å². The molecule has 0 spiro atoms. The standard InChI is InChI=1S/C14H21NO2/c1-14(2,16)10-15-7-6-11-4-5-13(17-3)8-12(11)9-15/h4-5,8,16H,6-7,9-10H2,1-3H3. The summed E-state index contributed by atoms with van der Waals surface area (Å²) in [7, 11) is 1.69. The second-order valence-electron chi connectivity index (χ2n) is 5.41. The SMILES string of the molecule is COc1ccc2c(c1)CN(CC(C)(C)O)CC2. The smallest absolute Gasteiger partial charge is 0.119 e. The number of fused-ring (bicyclic) bond motifs is 1. The van der Waals surface area contributed by atoms with Gasteiger partial charge in [-0.25, -0.2) is 0 Å². The Balaban J connectivity index is 2.11. The maximum Gasteiger partial charge on any atom is 0.119 e. The summed E-state index contributed by atoms with van der Waals surface area (Å²) in [6, 6.07) is 6.27. The quantitative estimate of drug-likeness (QED) is 0.867. The van der Waals surface area contributed by atoms with Crippen LogP contribution in [0.3, 0.4) is 0 Å². The molecule has 3 heteroatoms. The molecule has 0 bridgehead atoms. The van der Waals surface area contributed by atoms with Crippen molar-refractivity contribution < 1.29 is 9.84 Å². The van der Waals surface area contributed by atoms with Gasteiger partial charge in [0.25, 0.3) is 0 Å². The molecule has 0 aromatic heterocycles. The van der Waals surface area contributed by atoms with Crippen molar-refractivity contribution in [1.29, 1.82) is 0 Å². The summed E-state index contributed by atoms with van der Waals surface area (Å²) < 4.78 is 5.25. The van der Waals surface area contributed by atoms with E-state index in [1.807, 2.05) is 19.9 Å². The van der Waals surface area contributed by atoms with Crippen LogP contribution in [0.15, 0.2) is 18.2 Å². The first-order chi connectivity index (χ1) is 7.98. The maximum absolute atomic E-state index is 9.85. The Morgan fingerprint density at radius 3 is 2.76 bits per heavy atom. The van der Waals surface area contributed by atoms with Crippen LogP contribution in [0.25, 0.3) is 0 Å². The molecule has 1 aliphatic rings. The lowest BCUT2D eigenvalue weighted by atomic mass is 9.98. The van der Waals surface area contributed by atoms with Crippen molar-refractivity contribution in [3.05, 3.63) is 29.3 Å². The van der Waals surface area contributed by atoms with Crippen LogP contribution in [0.5, 0.6) is 5.75 Å². The van der Waals surface area contributed by atoms with Gasteiger partial charge in [-0.05, 0) is 43.5 Å². The fraction of sp³-hybridized carbons (Fsp3) is 0.571. The van der Waals surface area contributed by atoms with E-state index in [0.29, 0.717) is 6.54 Å². The predicted molar refractivity (Wildman–Crippen MR) is 68.3 cm³/mol. The van der Waals surface area contributed by atoms with Gasteiger partial charge in [0.15, 0.2) is 0 Å². The summed E-state index contributed by atoms with van der Waals surface area (Å²) in [5.41, 5.74) is 2.09. The molecule has 3 nitrogen and oxygen atoms in total. The molecule has 0 saturated carbocycles. The number of β-amino-alcohol motifs (C(OH)–C–C–N with tert-alkyl or cyclic N) is 1. The van der Waals surface area contributed by atoms with Gasteiger partial charge in [-0.1, -0.05) is 6.07 Å². The van der Waals surface area contributed by atoms with Crippen LogP contribution in [0.1, 0.15) is 25.0 Å². The summed E-state index contributed by atoms with van der Waals surface area (Å²) in [6.07, 6.45) is 1.05. The van der Waals surface area contributed by atoms with Gasteiger partial charge in [0.1, 0.15) is 5.75 Å². The second-order valence-corrected chi connectivity index (χ2v) is 5.41. The highest BCUT2D eigenvalue weighted by atomic mass is 16.5. The molecule has 1 aromatic rings. The van der Waals surface area contributed by atoms with Crippen LogP contribution >= 0.6 is 0 Å². The minimum Gasteiger partial charge on any atom is -0.497 e. The lowest BCUT2D eigenvalue weighted by Gasteiger charge is -2.33. The molecule has 0 atom stereocenters. The summed E-state index contributed by atoms with van der Waals surface area (Å²) in [4.78, 5) is 2.29. The topological polar surface area (TPSA) is 32.7 Å². The monoisotopic (exact) mass is 235 g/mol. The molecule has 0 saturated heterocycles. The fourth-order valence-electron chi connectivity index (χ4n) is 2.40. The first-order valence-corrected chi connectivity index (χ1v) is 6.08. The molecule has 1 aliphatic heterocycles. The number of aliphatic hydroxyl groups is 1. The summed E-state index contributed by atoms with van der Waals surface area (Å²) in [5, 5.41) is 9.85. The Morgan fingerprint density at radius 1 is 1.35 bits per heavy atom. The van der Waals surface area contributed by atoms with E-state index in [0.717, 1.165) is 25.3 Å². The Labute approximate surface area is 103 Å². The molecule has 0 amide bonds. The molecule has 94 valence electrons. The molecule has 0 fully saturated rings. The zero-order valence-electron chi connectivity index (χ0n) is 10.9. The van der Waals surface area contributed by atoms with Gasteiger partial charge in [0, 0.05) is 19.6 Å². The van der Waals surface area contributed by atoms with E-state index in [-0.39, 0.29) is 0 Å². The normalized spacial score (nSPS) is 16.7. The van der Waals surface area contributed by atoms with E-state index in [1.54, 1.807) is 7.11 Å². The van der Waals surface area contributed by atoms with Crippen molar-refractivity contribution in [2.75, 3.05) is 20.2 Å². The Kier molecular flexibility index (Phi) is 3.40. The molecule has 1 aromatic carbocycles. The second kappa shape index (κ2) is 4.67. The van der Waals surface area contributed by atoms with E-state index < -0.39 is 5.60 Å². The van der Waals surface area contributed by atoms with Crippen LogP contribution in [0.4, 0.5) is 0 Å². The van der Waals surface area contributed by atoms with Gasteiger partial charge in [-0.15, -0.1) is 0 Å². The summed E-state index contributed by atoms with van der Waals surface area (Å²) in [6.45, 7) is 6.34. The van der Waals surface area contributed by atoms with E-state index in [2.05, 4.69) is 17.0 Å². The average Bonchev–Trinajstić information content (AvgIpc) is 2.26. The predicted octanol–water partition coefficient (Wildman–Crippen LogP) is 1.82. The third-order valence-corrected chi connectivity index (χ3v) is 3.12. The van der Waals surface area contributed by atoms with Crippen molar-refractivity contribution in [3.63, 3.8) is 0 Å². The number of methoxy groups -OCH3 is 1. The van der Waals surface area contributed by atoms with Crippen LogP contribution in [-0.4, -0.2) is 35.8 Å². The largest absolute Gasteiger partial charge is 0.497 e. The first-order valence-electron chi connectivity index (χ1n) is 6.08. The number of hydrogen-bond acceptors (Lipinski definition) is 3. The molecule has 17 heavy (non-hydrogen) atoms. The third-order valence-electron chi connectivity index (χ3n) is 3.12.